The molecular formula is C21H33N3O3. The molecule has 2 atom stereocenters. The third-order valence-corrected chi connectivity index (χ3v) is 5.73. The van der Waals surface area contributed by atoms with Crippen molar-refractivity contribution in [2.45, 2.75) is 31.8 Å². The van der Waals surface area contributed by atoms with Crippen LogP contribution in [-0.4, -0.2) is 79.4 Å². The van der Waals surface area contributed by atoms with Crippen LogP contribution in [-0.2, 0) is 16.1 Å². The molecule has 0 radical (unpaired) electrons. The van der Waals surface area contributed by atoms with Gasteiger partial charge in [-0.15, -0.1) is 0 Å². The highest BCUT2D eigenvalue weighted by molar-refractivity contribution is 5.78. The van der Waals surface area contributed by atoms with Crippen molar-refractivity contribution in [3.05, 3.63) is 35.9 Å². The largest absolute Gasteiger partial charge is 0.396 e. The number of aliphatic hydroxyl groups excluding tert-OH is 1. The number of amides is 1. The summed E-state index contributed by atoms with van der Waals surface area (Å²) in [5.41, 5.74) is 1.12. The van der Waals surface area contributed by atoms with Crippen LogP contribution in [0.25, 0.3) is 0 Å². The highest BCUT2D eigenvalue weighted by Crippen LogP contribution is 2.26. The fourth-order valence-electron chi connectivity index (χ4n) is 4.32. The van der Waals surface area contributed by atoms with Crippen LogP contribution in [0.2, 0.25) is 0 Å². The summed E-state index contributed by atoms with van der Waals surface area (Å²) in [6, 6.07) is 10.6. The monoisotopic (exact) mass is 375 g/mol. The highest BCUT2D eigenvalue weighted by Gasteiger charge is 2.34. The van der Waals surface area contributed by atoms with E-state index in [0.717, 1.165) is 64.2 Å². The summed E-state index contributed by atoms with van der Waals surface area (Å²) in [6.07, 6.45) is 2.93. The number of ether oxygens (including phenoxy) is 1. The Hall–Kier alpha value is -1.47. The van der Waals surface area contributed by atoms with E-state index in [1.807, 2.05) is 30.3 Å². The number of hydrogen-bond donors (Lipinski definition) is 2. The van der Waals surface area contributed by atoms with Crippen molar-refractivity contribution in [3.8, 4) is 0 Å². The smallest absolute Gasteiger partial charge is 0.234 e. The molecular weight excluding hydrogens is 342 g/mol. The number of nitrogens with zero attached hydrogens (tertiary/aromatic N) is 2. The Bertz CT molecular complexity index is 563. The van der Waals surface area contributed by atoms with Crippen LogP contribution in [0.5, 0.6) is 0 Å². The number of likely N-dealkylation sites (tertiary alicyclic amines) is 1. The van der Waals surface area contributed by atoms with Gasteiger partial charge < -0.3 is 15.2 Å². The molecule has 6 nitrogen and oxygen atoms in total. The second-order valence-electron chi connectivity index (χ2n) is 7.63. The molecule has 0 bridgehead atoms. The predicted octanol–water partition coefficient (Wildman–Crippen LogP) is 1.10. The number of carbonyl (C=O) groups is 1. The number of benzene rings is 1. The molecule has 150 valence electrons. The Labute approximate surface area is 162 Å². The zero-order chi connectivity index (χ0) is 18.9. The van der Waals surface area contributed by atoms with E-state index in [0.29, 0.717) is 25.0 Å². The van der Waals surface area contributed by atoms with Gasteiger partial charge in [0.1, 0.15) is 0 Å². The van der Waals surface area contributed by atoms with E-state index in [4.69, 9.17) is 4.74 Å². The van der Waals surface area contributed by atoms with Crippen molar-refractivity contribution < 1.29 is 14.6 Å². The first-order valence-electron chi connectivity index (χ1n) is 10.2. The van der Waals surface area contributed by atoms with Gasteiger partial charge in [0.05, 0.1) is 19.8 Å². The summed E-state index contributed by atoms with van der Waals surface area (Å²) in [6.45, 7) is 6.79. The van der Waals surface area contributed by atoms with Crippen molar-refractivity contribution in [2.24, 2.45) is 5.92 Å². The summed E-state index contributed by atoms with van der Waals surface area (Å²) in [5, 5.41) is 12.3. The highest BCUT2D eigenvalue weighted by atomic mass is 16.5. The van der Waals surface area contributed by atoms with Crippen molar-refractivity contribution in [1.82, 2.24) is 15.1 Å². The fourth-order valence-corrected chi connectivity index (χ4v) is 4.32. The van der Waals surface area contributed by atoms with Crippen LogP contribution in [0.1, 0.15) is 24.8 Å². The second-order valence-corrected chi connectivity index (χ2v) is 7.63. The second kappa shape index (κ2) is 10.8. The van der Waals surface area contributed by atoms with E-state index >= 15 is 0 Å². The maximum Gasteiger partial charge on any atom is 0.234 e. The molecule has 2 saturated heterocycles. The van der Waals surface area contributed by atoms with Gasteiger partial charge in [-0.3, -0.25) is 14.6 Å². The molecule has 1 aromatic carbocycles. The molecule has 2 aliphatic rings. The van der Waals surface area contributed by atoms with Crippen LogP contribution in [0.3, 0.4) is 0 Å². The molecule has 6 heteroatoms. The minimum Gasteiger partial charge on any atom is -0.396 e. The molecule has 0 unspecified atom stereocenters. The van der Waals surface area contributed by atoms with Crippen molar-refractivity contribution in [2.75, 3.05) is 52.5 Å². The average Bonchev–Trinajstić information content (AvgIpc) is 2.72. The lowest BCUT2D eigenvalue weighted by Gasteiger charge is -2.45. The SMILES string of the molecule is O=C(CN1CC[C@H](N2CCOCC2)[C@H](CCCO)C1)NCc1ccccc1. The maximum absolute atomic E-state index is 12.4. The quantitative estimate of drug-likeness (QED) is 0.712. The van der Waals surface area contributed by atoms with Gasteiger partial charge in [0, 0.05) is 45.4 Å². The summed E-state index contributed by atoms with van der Waals surface area (Å²) in [4.78, 5) is 17.2. The standard InChI is InChI=1S/C21H33N3O3/c25-12-4-7-19-16-23(9-8-20(19)24-10-13-27-14-11-24)17-21(26)22-15-18-5-2-1-3-6-18/h1-3,5-6,19-20,25H,4,7-17H2,(H,22,26)/t19-,20+/m1/s1. The summed E-state index contributed by atoms with van der Waals surface area (Å²) < 4.78 is 5.50. The minimum absolute atomic E-state index is 0.0876. The van der Waals surface area contributed by atoms with Gasteiger partial charge in [0.15, 0.2) is 0 Å². The van der Waals surface area contributed by atoms with Gasteiger partial charge in [0.25, 0.3) is 0 Å². The number of morpholine rings is 1. The van der Waals surface area contributed by atoms with E-state index in [1.165, 1.54) is 0 Å². The van der Waals surface area contributed by atoms with E-state index in [-0.39, 0.29) is 12.5 Å². The first-order valence-corrected chi connectivity index (χ1v) is 10.2. The Morgan fingerprint density at radius 2 is 1.96 bits per heavy atom. The minimum atomic E-state index is 0.0876. The van der Waals surface area contributed by atoms with Gasteiger partial charge in [-0.1, -0.05) is 30.3 Å². The van der Waals surface area contributed by atoms with Gasteiger partial charge in [-0.2, -0.15) is 0 Å². The van der Waals surface area contributed by atoms with Crippen LogP contribution in [0.15, 0.2) is 30.3 Å². The Morgan fingerprint density at radius 3 is 2.70 bits per heavy atom. The number of piperidine rings is 1. The lowest BCUT2D eigenvalue weighted by atomic mass is 9.87. The number of rotatable bonds is 8. The number of carbonyl (C=O) groups excluding carboxylic acids is 1. The van der Waals surface area contributed by atoms with Crippen LogP contribution in [0.4, 0.5) is 0 Å². The van der Waals surface area contributed by atoms with E-state index < -0.39 is 0 Å². The van der Waals surface area contributed by atoms with Crippen LogP contribution in [0, 0.1) is 5.92 Å². The van der Waals surface area contributed by atoms with Gasteiger partial charge in [-0.25, -0.2) is 0 Å². The van der Waals surface area contributed by atoms with Crippen LogP contribution < -0.4 is 5.32 Å². The van der Waals surface area contributed by atoms with Gasteiger partial charge >= 0.3 is 0 Å². The first kappa shape index (κ1) is 20.3. The predicted molar refractivity (Wildman–Crippen MR) is 105 cm³/mol. The normalized spacial score (nSPS) is 24.6. The maximum atomic E-state index is 12.4. The molecule has 0 saturated carbocycles. The summed E-state index contributed by atoms with van der Waals surface area (Å²) >= 11 is 0. The van der Waals surface area contributed by atoms with E-state index in [1.54, 1.807) is 0 Å². The van der Waals surface area contributed by atoms with Crippen molar-refractivity contribution in [1.29, 1.82) is 0 Å². The molecule has 0 aliphatic carbocycles. The number of hydrogen-bond acceptors (Lipinski definition) is 5. The molecule has 0 aromatic heterocycles. The molecule has 2 heterocycles. The Kier molecular flexibility index (Phi) is 8.08. The molecule has 3 rings (SSSR count). The van der Waals surface area contributed by atoms with Crippen molar-refractivity contribution in [3.63, 3.8) is 0 Å². The fraction of sp³-hybridized carbons (Fsp3) is 0.667. The third-order valence-electron chi connectivity index (χ3n) is 5.73. The van der Waals surface area contributed by atoms with Crippen LogP contribution >= 0.6 is 0 Å². The number of nitrogens with one attached hydrogen (secondary N) is 1. The third kappa shape index (κ3) is 6.28. The number of aliphatic hydroxyl groups is 1. The zero-order valence-electron chi connectivity index (χ0n) is 16.2. The lowest BCUT2D eigenvalue weighted by molar-refractivity contribution is -0.123. The zero-order valence-corrected chi connectivity index (χ0v) is 16.2. The lowest BCUT2D eigenvalue weighted by Crippen LogP contribution is -2.55. The molecule has 1 aromatic rings. The Balaban J connectivity index is 1.49. The van der Waals surface area contributed by atoms with E-state index in [9.17, 15) is 9.90 Å². The average molecular weight is 376 g/mol. The summed E-state index contributed by atoms with van der Waals surface area (Å²) in [7, 11) is 0. The Morgan fingerprint density at radius 1 is 1.19 bits per heavy atom. The molecule has 2 fully saturated rings. The van der Waals surface area contributed by atoms with Crippen molar-refractivity contribution >= 4 is 5.91 Å². The van der Waals surface area contributed by atoms with E-state index in [2.05, 4.69) is 15.1 Å². The molecule has 27 heavy (non-hydrogen) atoms. The summed E-state index contributed by atoms with van der Waals surface area (Å²) in [5.74, 6) is 0.593. The molecule has 1 amide bonds. The topological polar surface area (TPSA) is 65.0 Å². The van der Waals surface area contributed by atoms with Gasteiger partial charge in [0.2, 0.25) is 5.91 Å². The van der Waals surface area contributed by atoms with Gasteiger partial charge in [-0.05, 0) is 30.7 Å². The first-order chi connectivity index (χ1) is 13.3. The molecule has 2 N–H and O–H groups in total. The molecule has 0 spiro atoms. The molecule has 2 aliphatic heterocycles.